The van der Waals surface area contributed by atoms with Crippen LogP contribution in [0.2, 0.25) is 0 Å². The lowest BCUT2D eigenvalue weighted by Crippen LogP contribution is -2.46. The van der Waals surface area contributed by atoms with E-state index < -0.39 is 0 Å². The highest BCUT2D eigenvalue weighted by atomic mass is 35.5. The van der Waals surface area contributed by atoms with E-state index in [-0.39, 0.29) is 24.4 Å². The quantitative estimate of drug-likeness (QED) is 0.910. The average molecular weight is 313 g/mol. The maximum Gasteiger partial charge on any atom is 0.240 e. The lowest BCUT2D eigenvalue weighted by molar-refractivity contribution is -0.133. The first kappa shape index (κ1) is 15.7. The maximum absolute atomic E-state index is 12.5. The molecule has 0 radical (unpaired) electrons. The van der Waals surface area contributed by atoms with Crippen molar-refractivity contribution in [2.24, 2.45) is 0 Å². The Morgan fingerprint density at radius 2 is 2.10 bits per heavy atom. The summed E-state index contributed by atoms with van der Waals surface area (Å²) in [5.41, 5.74) is 1.36. The highest BCUT2D eigenvalue weighted by Gasteiger charge is 2.36. The molecule has 0 spiro atoms. The molecule has 2 heterocycles. The normalized spacial score (nSPS) is 29.2. The number of carbonyl (C=O) groups excluding carboxylic acids is 1. The minimum absolute atomic E-state index is 0. The molecule has 1 aromatic rings. The number of nitrogens with zero attached hydrogens (tertiary/aromatic N) is 1. The van der Waals surface area contributed by atoms with Crippen molar-refractivity contribution in [1.82, 2.24) is 10.2 Å². The molecule has 0 saturated carbocycles. The van der Waals surface area contributed by atoms with Crippen LogP contribution < -0.4 is 5.32 Å². The molecule has 1 N–H and O–H groups in total. The molecule has 3 atom stereocenters. The van der Waals surface area contributed by atoms with E-state index in [0.717, 1.165) is 24.6 Å². The van der Waals surface area contributed by atoms with Crippen molar-refractivity contribution in [1.29, 1.82) is 0 Å². The highest BCUT2D eigenvalue weighted by Crippen LogP contribution is 2.32. The zero-order chi connectivity index (χ0) is 13.2. The molecular formula is C15H21ClN2OS. The number of benzene rings is 1. The fraction of sp³-hybridized carbons (Fsp3) is 0.533. The summed E-state index contributed by atoms with van der Waals surface area (Å²) < 4.78 is 0. The van der Waals surface area contributed by atoms with Crippen LogP contribution in [-0.4, -0.2) is 41.1 Å². The van der Waals surface area contributed by atoms with Gasteiger partial charge in [-0.3, -0.25) is 10.1 Å². The molecule has 0 aromatic heterocycles. The second-order valence-corrected chi connectivity index (χ2v) is 6.49. The standard InChI is InChI=1S/C15H20N2OS.ClH/c1-11-7-13(12-5-3-2-4-6-12)8-17(11)15(18)14-9-19-10-16-14;/h2-6,11,13-14,16H,7-10H2,1H3;1H. The summed E-state index contributed by atoms with van der Waals surface area (Å²) in [7, 11) is 0. The van der Waals surface area contributed by atoms with Gasteiger partial charge < -0.3 is 4.90 Å². The van der Waals surface area contributed by atoms with Gasteiger partial charge in [-0.1, -0.05) is 30.3 Å². The van der Waals surface area contributed by atoms with Crippen LogP contribution in [0.15, 0.2) is 30.3 Å². The van der Waals surface area contributed by atoms with Gasteiger partial charge in [0.05, 0.1) is 6.04 Å². The molecule has 3 rings (SSSR count). The van der Waals surface area contributed by atoms with Gasteiger partial charge in [-0.25, -0.2) is 0 Å². The predicted molar refractivity (Wildman–Crippen MR) is 86.5 cm³/mol. The van der Waals surface area contributed by atoms with Crippen molar-refractivity contribution in [3.05, 3.63) is 35.9 Å². The van der Waals surface area contributed by atoms with Gasteiger partial charge in [-0.05, 0) is 18.9 Å². The van der Waals surface area contributed by atoms with Crippen LogP contribution >= 0.6 is 24.2 Å². The average Bonchev–Trinajstić information content (AvgIpc) is 3.08. The lowest BCUT2D eigenvalue weighted by atomic mass is 9.97. The fourth-order valence-electron chi connectivity index (χ4n) is 3.06. The largest absolute Gasteiger partial charge is 0.338 e. The number of halogens is 1. The van der Waals surface area contributed by atoms with E-state index in [1.54, 1.807) is 0 Å². The molecule has 1 aromatic carbocycles. The third-order valence-electron chi connectivity index (χ3n) is 4.14. The van der Waals surface area contributed by atoms with E-state index in [0.29, 0.717) is 12.0 Å². The first-order chi connectivity index (χ1) is 9.25. The Kier molecular flexibility index (Phi) is 5.35. The molecule has 3 nitrogen and oxygen atoms in total. The van der Waals surface area contributed by atoms with Crippen LogP contribution in [0.1, 0.15) is 24.8 Å². The second kappa shape index (κ2) is 6.83. The van der Waals surface area contributed by atoms with E-state index in [2.05, 4.69) is 41.4 Å². The summed E-state index contributed by atoms with van der Waals surface area (Å²) in [6, 6.07) is 10.9. The van der Waals surface area contributed by atoms with Gasteiger partial charge in [-0.2, -0.15) is 0 Å². The Balaban J connectivity index is 0.00000147. The lowest BCUT2D eigenvalue weighted by Gasteiger charge is -2.24. The predicted octanol–water partition coefficient (Wildman–Crippen LogP) is 2.48. The van der Waals surface area contributed by atoms with E-state index in [9.17, 15) is 4.79 Å². The Bertz CT molecular complexity index is 450. The summed E-state index contributed by atoms with van der Waals surface area (Å²) in [5, 5.41) is 3.28. The Morgan fingerprint density at radius 3 is 2.75 bits per heavy atom. The van der Waals surface area contributed by atoms with Gasteiger partial charge in [0.25, 0.3) is 0 Å². The van der Waals surface area contributed by atoms with Crippen LogP contribution in [-0.2, 0) is 4.79 Å². The van der Waals surface area contributed by atoms with Crippen LogP contribution in [0.25, 0.3) is 0 Å². The third kappa shape index (κ3) is 3.13. The van der Waals surface area contributed by atoms with Crippen molar-refractivity contribution in [3.63, 3.8) is 0 Å². The van der Waals surface area contributed by atoms with E-state index in [4.69, 9.17) is 0 Å². The molecule has 1 amide bonds. The van der Waals surface area contributed by atoms with E-state index >= 15 is 0 Å². The SMILES string of the molecule is CC1CC(c2ccccc2)CN1C(=O)C1CSCN1.Cl. The second-order valence-electron chi connectivity index (χ2n) is 5.45. The zero-order valence-corrected chi connectivity index (χ0v) is 13.3. The third-order valence-corrected chi connectivity index (χ3v) is 5.08. The molecule has 2 aliphatic rings. The number of carbonyl (C=O) groups is 1. The van der Waals surface area contributed by atoms with Gasteiger partial charge in [0.15, 0.2) is 0 Å². The molecule has 2 saturated heterocycles. The Hall–Kier alpha value is -0.710. The van der Waals surface area contributed by atoms with Crippen LogP contribution in [0.3, 0.4) is 0 Å². The topological polar surface area (TPSA) is 32.3 Å². The summed E-state index contributed by atoms with van der Waals surface area (Å²) >= 11 is 1.81. The van der Waals surface area contributed by atoms with Crippen molar-refractivity contribution >= 4 is 30.1 Å². The molecule has 5 heteroatoms. The monoisotopic (exact) mass is 312 g/mol. The van der Waals surface area contributed by atoms with E-state index in [1.807, 2.05) is 17.8 Å². The Morgan fingerprint density at radius 1 is 1.35 bits per heavy atom. The molecule has 20 heavy (non-hydrogen) atoms. The van der Waals surface area contributed by atoms with Crippen LogP contribution in [0.4, 0.5) is 0 Å². The molecule has 0 aliphatic carbocycles. The number of hydrogen-bond donors (Lipinski definition) is 1. The first-order valence-corrected chi connectivity index (χ1v) is 8.07. The molecule has 3 unspecified atom stereocenters. The molecule has 0 bridgehead atoms. The van der Waals surface area contributed by atoms with Crippen LogP contribution in [0.5, 0.6) is 0 Å². The van der Waals surface area contributed by atoms with Gasteiger partial charge in [0.1, 0.15) is 0 Å². The Labute approximate surface area is 130 Å². The van der Waals surface area contributed by atoms with E-state index in [1.165, 1.54) is 5.56 Å². The number of amides is 1. The maximum atomic E-state index is 12.5. The smallest absolute Gasteiger partial charge is 0.240 e. The number of rotatable bonds is 2. The summed E-state index contributed by atoms with van der Waals surface area (Å²) in [5.74, 6) is 2.60. The summed E-state index contributed by atoms with van der Waals surface area (Å²) in [6.07, 6.45) is 1.08. The van der Waals surface area contributed by atoms with Gasteiger partial charge in [0, 0.05) is 30.1 Å². The van der Waals surface area contributed by atoms with Gasteiger partial charge in [-0.15, -0.1) is 24.2 Å². The summed E-state index contributed by atoms with van der Waals surface area (Å²) in [4.78, 5) is 14.6. The first-order valence-electron chi connectivity index (χ1n) is 6.92. The number of thioether (sulfide) groups is 1. The number of likely N-dealkylation sites (tertiary alicyclic amines) is 1. The molecular weight excluding hydrogens is 292 g/mol. The van der Waals surface area contributed by atoms with Crippen molar-refractivity contribution in [2.45, 2.75) is 31.3 Å². The minimum Gasteiger partial charge on any atom is -0.338 e. The van der Waals surface area contributed by atoms with Gasteiger partial charge in [0.2, 0.25) is 5.91 Å². The molecule has 2 fully saturated rings. The molecule has 110 valence electrons. The van der Waals surface area contributed by atoms with Crippen molar-refractivity contribution in [2.75, 3.05) is 18.2 Å². The van der Waals surface area contributed by atoms with Gasteiger partial charge >= 0.3 is 0 Å². The van der Waals surface area contributed by atoms with Crippen LogP contribution in [0, 0.1) is 0 Å². The number of hydrogen-bond acceptors (Lipinski definition) is 3. The zero-order valence-electron chi connectivity index (χ0n) is 11.6. The molecule has 2 aliphatic heterocycles. The highest BCUT2D eigenvalue weighted by molar-refractivity contribution is 7.99. The summed E-state index contributed by atoms with van der Waals surface area (Å²) in [6.45, 7) is 3.04. The number of nitrogens with one attached hydrogen (secondary N) is 1. The minimum atomic E-state index is 0. The van der Waals surface area contributed by atoms with Crippen molar-refractivity contribution in [3.8, 4) is 0 Å². The van der Waals surface area contributed by atoms with Crippen molar-refractivity contribution < 1.29 is 4.79 Å². The fourth-order valence-corrected chi connectivity index (χ4v) is 3.99.